The largest absolute Gasteiger partial charge is 0.474 e. The lowest BCUT2D eigenvalue weighted by molar-refractivity contribution is 0.200. The fourth-order valence-electron chi connectivity index (χ4n) is 2.44. The summed E-state index contributed by atoms with van der Waals surface area (Å²) in [7, 11) is 0. The van der Waals surface area contributed by atoms with Gasteiger partial charge in [0.05, 0.1) is 11.7 Å². The van der Waals surface area contributed by atoms with Gasteiger partial charge in [-0.05, 0) is 44.2 Å². The number of ether oxygens (including phenoxy) is 1. The summed E-state index contributed by atoms with van der Waals surface area (Å²) in [5.41, 5.74) is 8.56. The molecule has 0 spiro atoms. The molecule has 0 amide bonds. The monoisotopic (exact) mass is 263 g/mol. The third-order valence-electron chi connectivity index (χ3n) is 3.41. The van der Waals surface area contributed by atoms with E-state index in [1.54, 1.807) is 0 Å². The van der Waals surface area contributed by atoms with Crippen molar-refractivity contribution < 1.29 is 9.94 Å². The van der Waals surface area contributed by atoms with Crippen LogP contribution in [0.2, 0.25) is 0 Å². The Kier molecular flexibility index (Phi) is 4.24. The van der Waals surface area contributed by atoms with Crippen LogP contribution in [0, 0.1) is 0 Å². The van der Waals surface area contributed by atoms with Crippen LogP contribution in [-0.4, -0.2) is 22.1 Å². The second-order valence-electron chi connectivity index (χ2n) is 5.00. The molecule has 2 rings (SSSR count). The molecule has 0 saturated carbocycles. The van der Waals surface area contributed by atoms with E-state index in [0.717, 1.165) is 37.8 Å². The van der Waals surface area contributed by atoms with Crippen LogP contribution in [0.1, 0.15) is 49.9 Å². The molecule has 0 aromatic carbocycles. The van der Waals surface area contributed by atoms with Crippen LogP contribution in [0.3, 0.4) is 0 Å². The van der Waals surface area contributed by atoms with Gasteiger partial charge in [-0.3, -0.25) is 0 Å². The van der Waals surface area contributed by atoms with E-state index in [9.17, 15) is 0 Å². The van der Waals surface area contributed by atoms with E-state index in [-0.39, 0.29) is 11.9 Å². The minimum absolute atomic E-state index is 0.0564. The number of hydrogen-bond acceptors (Lipinski definition) is 4. The van der Waals surface area contributed by atoms with Gasteiger partial charge in [0.25, 0.3) is 0 Å². The molecular formula is C14H21N3O2. The Morgan fingerprint density at radius 1 is 1.58 bits per heavy atom. The molecule has 1 atom stereocenters. The number of oxime groups is 1. The first-order valence-corrected chi connectivity index (χ1v) is 6.83. The number of pyridine rings is 1. The van der Waals surface area contributed by atoms with Crippen molar-refractivity contribution in [2.24, 2.45) is 10.9 Å². The van der Waals surface area contributed by atoms with Gasteiger partial charge in [-0.25, -0.2) is 4.98 Å². The first-order chi connectivity index (χ1) is 9.15. The summed E-state index contributed by atoms with van der Waals surface area (Å²) in [5, 5.41) is 12.0. The van der Waals surface area contributed by atoms with E-state index < -0.39 is 0 Å². The molecule has 1 aromatic rings. The Hall–Kier alpha value is -1.78. The lowest BCUT2D eigenvalue weighted by Gasteiger charge is -2.16. The Labute approximate surface area is 113 Å². The summed E-state index contributed by atoms with van der Waals surface area (Å²) in [6, 6.07) is 1.94. The number of rotatable bonds is 5. The molecule has 5 heteroatoms. The standard InChI is InChI=1S/C14H21N3O2/c1-3-5-9(2)19-14-11(13(15)17-18)8-10-6-4-7-12(10)16-14/h8-9,18H,3-7H2,1-2H3,(H2,15,17). The topological polar surface area (TPSA) is 80.7 Å². The Bertz CT molecular complexity index is 486. The van der Waals surface area contributed by atoms with E-state index >= 15 is 0 Å². The molecule has 5 nitrogen and oxygen atoms in total. The van der Waals surface area contributed by atoms with Crippen molar-refractivity contribution in [2.75, 3.05) is 0 Å². The minimum atomic E-state index is 0.0564. The summed E-state index contributed by atoms with van der Waals surface area (Å²) in [6.45, 7) is 4.12. The molecule has 1 aliphatic carbocycles. The summed E-state index contributed by atoms with van der Waals surface area (Å²) in [5.74, 6) is 0.540. The number of nitrogens with zero attached hydrogens (tertiary/aromatic N) is 2. The van der Waals surface area contributed by atoms with E-state index in [1.165, 1.54) is 5.56 Å². The van der Waals surface area contributed by atoms with Gasteiger partial charge in [0.15, 0.2) is 5.84 Å². The van der Waals surface area contributed by atoms with Crippen molar-refractivity contribution in [3.63, 3.8) is 0 Å². The van der Waals surface area contributed by atoms with E-state index in [1.807, 2.05) is 13.0 Å². The quantitative estimate of drug-likeness (QED) is 0.369. The lowest BCUT2D eigenvalue weighted by atomic mass is 10.1. The van der Waals surface area contributed by atoms with Gasteiger partial charge in [-0.1, -0.05) is 18.5 Å². The average molecular weight is 263 g/mol. The first-order valence-electron chi connectivity index (χ1n) is 6.83. The van der Waals surface area contributed by atoms with Crippen molar-refractivity contribution in [2.45, 2.75) is 52.1 Å². The number of nitrogens with two attached hydrogens (primary N) is 1. The summed E-state index contributed by atoms with van der Waals surface area (Å²) >= 11 is 0. The predicted molar refractivity (Wildman–Crippen MR) is 73.8 cm³/mol. The van der Waals surface area contributed by atoms with Gasteiger partial charge < -0.3 is 15.7 Å². The molecule has 1 unspecified atom stereocenters. The van der Waals surface area contributed by atoms with Crippen LogP contribution in [0.15, 0.2) is 11.2 Å². The van der Waals surface area contributed by atoms with Crippen LogP contribution >= 0.6 is 0 Å². The normalized spacial score (nSPS) is 16.2. The molecule has 0 radical (unpaired) electrons. The second-order valence-corrected chi connectivity index (χ2v) is 5.00. The van der Waals surface area contributed by atoms with Crippen LogP contribution in [0.4, 0.5) is 0 Å². The highest BCUT2D eigenvalue weighted by Crippen LogP contribution is 2.27. The molecule has 0 bridgehead atoms. The van der Waals surface area contributed by atoms with Crippen LogP contribution in [0.5, 0.6) is 5.88 Å². The second kappa shape index (κ2) is 5.91. The highest BCUT2D eigenvalue weighted by atomic mass is 16.5. The van der Waals surface area contributed by atoms with Gasteiger partial charge in [0.1, 0.15) is 0 Å². The van der Waals surface area contributed by atoms with Crippen molar-refractivity contribution >= 4 is 5.84 Å². The Morgan fingerprint density at radius 3 is 3.05 bits per heavy atom. The first kappa shape index (κ1) is 13.6. The molecule has 3 N–H and O–H groups in total. The van der Waals surface area contributed by atoms with Crippen LogP contribution in [-0.2, 0) is 12.8 Å². The highest BCUT2D eigenvalue weighted by Gasteiger charge is 2.20. The molecular weight excluding hydrogens is 242 g/mol. The van der Waals surface area contributed by atoms with Gasteiger partial charge in [-0.2, -0.15) is 0 Å². The van der Waals surface area contributed by atoms with Crippen LogP contribution < -0.4 is 10.5 Å². The molecule has 1 aliphatic rings. The van der Waals surface area contributed by atoms with Gasteiger partial charge >= 0.3 is 0 Å². The maximum Gasteiger partial charge on any atom is 0.225 e. The van der Waals surface area contributed by atoms with Crippen molar-refractivity contribution in [1.82, 2.24) is 4.98 Å². The van der Waals surface area contributed by atoms with Crippen molar-refractivity contribution in [1.29, 1.82) is 0 Å². The molecule has 104 valence electrons. The number of hydrogen-bond donors (Lipinski definition) is 2. The number of aromatic nitrogens is 1. The van der Waals surface area contributed by atoms with Crippen LogP contribution in [0.25, 0.3) is 0 Å². The van der Waals surface area contributed by atoms with E-state index in [4.69, 9.17) is 15.7 Å². The van der Waals surface area contributed by atoms with Gasteiger partial charge in [-0.15, -0.1) is 0 Å². The SMILES string of the molecule is CCCC(C)Oc1nc2c(cc1C(N)=NO)CCC2. The maximum absolute atomic E-state index is 8.88. The highest BCUT2D eigenvalue weighted by molar-refractivity contribution is 5.99. The van der Waals surface area contributed by atoms with E-state index in [0.29, 0.717) is 11.4 Å². The third-order valence-corrected chi connectivity index (χ3v) is 3.41. The number of amidine groups is 1. The fourth-order valence-corrected chi connectivity index (χ4v) is 2.44. The molecule has 1 heterocycles. The average Bonchev–Trinajstić information content (AvgIpc) is 2.84. The third kappa shape index (κ3) is 2.97. The molecule has 1 aromatic heterocycles. The summed E-state index contributed by atoms with van der Waals surface area (Å²) in [6.07, 6.45) is 5.15. The zero-order chi connectivity index (χ0) is 13.8. The zero-order valence-electron chi connectivity index (χ0n) is 11.5. The Balaban J connectivity index is 2.34. The fraction of sp³-hybridized carbons (Fsp3) is 0.571. The predicted octanol–water partition coefficient (Wildman–Crippen LogP) is 2.23. The zero-order valence-corrected chi connectivity index (χ0v) is 11.5. The summed E-state index contributed by atoms with van der Waals surface area (Å²) < 4.78 is 5.85. The van der Waals surface area contributed by atoms with Gasteiger partial charge in [0.2, 0.25) is 5.88 Å². The molecule has 0 aliphatic heterocycles. The smallest absolute Gasteiger partial charge is 0.225 e. The number of fused-ring (bicyclic) bond motifs is 1. The molecule has 19 heavy (non-hydrogen) atoms. The van der Waals surface area contributed by atoms with Gasteiger partial charge in [0, 0.05) is 5.69 Å². The maximum atomic E-state index is 8.88. The molecule has 0 fully saturated rings. The summed E-state index contributed by atoms with van der Waals surface area (Å²) in [4.78, 5) is 4.55. The van der Waals surface area contributed by atoms with Crippen molar-refractivity contribution in [3.05, 3.63) is 22.9 Å². The minimum Gasteiger partial charge on any atom is -0.474 e. The number of aryl methyl sites for hydroxylation is 2. The molecule has 0 saturated heterocycles. The Morgan fingerprint density at radius 2 is 2.37 bits per heavy atom. The van der Waals surface area contributed by atoms with Crippen molar-refractivity contribution in [3.8, 4) is 5.88 Å². The van der Waals surface area contributed by atoms with E-state index in [2.05, 4.69) is 17.1 Å². The lowest BCUT2D eigenvalue weighted by Crippen LogP contribution is -2.20.